The van der Waals surface area contributed by atoms with Crippen molar-refractivity contribution < 1.29 is 14.3 Å². The smallest absolute Gasteiger partial charge is 0.340 e. The number of carbonyl (C=O) groups is 1. The highest BCUT2D eigenvalue weighted by Crippen LogP contribution is 2.27. The molecule has 0 radical (unpaired) electrons. The van der Waals surface area contributed by atoms with E-state index in [-0.39, 0.29) is 5.97 Å². The van der Waals surface area contributed by atoms with Gasteiger partial charge in [-0.05, 0) is 11.4 Å². The largest absolute Gasteiger partial charge is 0.484 e. The van der Waals surface area contributed by atoms with Crippen LogP contribution >= 0.6 is 11.3 Å². The van der Waals surface area contributed by atoms with Crippen molar-refractivity contribution in [2.45, 2.75) is 6.92 Å². The number of rotatable bonds is 2. The van der Waals surface area contributed by atoms with Gasteiger partial charge in [-0.3, -0.25) is 0 Å². The Labute approximate surface area is 86.2 Å². The Balaban J connectivity index is 2.99. The van der Waals surface area contributed by atoms with E-state index in [0.29, 0.717) is 16.5 Å². The molecular formula is C9H11NO3S. The van der Waals surface area contributed by atoms with Crippen LogP contribution in [0.15, 0.2) is 16.4 Å². The predicted octanol–water partition coefficient (Wildman–Crippen LogP) is 2.23. The van der Waals surface area contributed by atoms with Crippen LogP contribution in [0.1, 0.15) is 17.3 Å². The van der Waals surface area contributed by atoms with Crippen molar-refractivity contribution in [3.8, 4) is 0 Å². The van der Waals surface area contributed by atoms with Crippen molar-refractivity contribution in [3.63, 3.8) is 0 Å². The molecule has 0 unspecified atom stereocenters. The zero-order valence-corrected chi connectivity index (χ0v) is 9.05. The lowest BCUT2D eigenvalue weighted by atomic mass is 10.3. The van der Waals surface area contributed by atoms with E-state index in [1.165, 1.54) is 25.6 Å². The summed E-state index contributed by atoms with van der Waals surface area (Å²) in [5.41, 5.74) is 0.467. The van der Waals surface area contributed by atoms with Gasteiger partial charge in [-0.1, -0.05) is 0 Å². The number of hydrogen-bond acceptors (Lipinski definition) is 5. The Bertz CT molecular complexity index is 357. The Morgan fingerprint density at radius 1 is 1.43 bits per heavy atom. The summed E-state index contributed by atoms with van der Waals surface area (Å²) in [6.07, 6.45) is 0. The molecule has 0 saturated heterocycles. The fourth-order valence-electron chi connectivity index (χ4n) is 0.842. The molecule has 0 N–H and O–H groups in total. The summed E-state index contributed by atoms with van der Waals surface area (Å²) in [5.74, 6) is 0.131. The molecule has 4 nitrogen and oxygen atoms in total. The molecule has 1 aromatic heterocycles. The lowest BCUT2D eigenvalue weighted by molar-refractivity contribution is 0.0602. The molecule has 1 heterocycles. The van der Waals surface area contributed by atoms with E-state index in [4.69, 9.17) is 4.74 Å². The quantitative estimate of drug-likeness (QED) is 0.430. The Hall–Kier alpha value is -1.36. The maximum atomic E-state index is 11.2. The van der Waals surface area contributed by atoms with Crippen LogP contribution in [0.5, 0.6) is 0 Å². The predicted molar refractivity (Wildman–Crippen MR) is 55.4 cm³/mol. The SMILES string of the molecule is COC(=O)c1ccsc1N=C(C)OC. The number of esters is 1. The number of thiophene rings is 1. The molecule has 0 aliphatic carbocycles. The number of aliphatic imine (C=N–C) groups is 1. The Morgan fingerprint density at radius 3 is 2.71 bits per heavy atom. The third-order valence-electron chi connectivity index (χ3n) is 1.60. The molecule has 0 aliphatic rings. The molecule has 14 heavy (non-hydrogen) atoms. The van der Waals surface area contributed by atoms with E-state index in [1.807, 2.05) is 0 Å². The van der Waals surface area contributed by atoms with Gasteiger partial charge >= 0.3 is 5.97 Å². The number of nitrogens with zero attached hydrogens (tertiary/aromatic N) is 1. The van der Waals surface area contributed by atoms with Crippen molar-refractivity contribution in [2.24, 2.45) is 4.99 Å². The van der Waals surface area contributed by atoms with Crippen molar-refractivity contribution in [2.75, 3.05) is 14.2 Å². The molecule has 0 spiro atoms. The van der Waals surface area contributed by atoms with Crippen molar-refractivity contribution >= 4 is 28.2 Å². The second-order valence-electron chi connectivity index (χ2n) is 2.47. The second-order valence-corrected chi connectivity index (χ2v) is 3.36. The minimum absolute atomic E-state index is 0.381. The first kappa shape index (κ1) is 10.7. The minimum Gasteiger partial charge on any atom is -0.484 e. The van der Waals surface area contributed by atoms with Gasteiger partial charge in [-0.2, -0.15) is 0 Å². The lowest BCUT2D eigenvalue weighted by Crippen LogP contribution is -2.00. The van der Waals surface area contributed by atoms with Crippen LogP contribution in [0.25, 0.3) is 0 Å². The standard InChI is InChI=1S/C9H11NO3S/c1-6(12-2)10-8-7(4-5-14-8)9(11)13-3/h4-5H,1-3H3. The summed E-state index contributed by atoms with van der Waals surface area (Å²) < 4.78 is 9.50. The normalized spacial score (nSPS) is 11.2. The van der Waals surface area contributed by atoms with E-state index >= 15 is 0 Å². The van der Waals surface area contributed by atoms with Gasteiger partial charge in [0.15, 0.2) is 5.90 Å². The van der Waals surface area contributed by atoms with Crippen LogP contribution in [-0.2, 0) is 9.47 Å². The summed E-state index contributed by atoms with van der Waals surface area (Å²) >= 11 is 1.37. The van der Waals surface area contributed by atoms with E-state index in [0.717, 1.165) is 0 Å². The summed E-state index contributed by atoms with van der Waals surface area (Å²) in [7, 11) is 2.88. The molecule has 0 saturated carbocycles. The number of methoxy groups -OCH3 is 2. The van der Waals surface area contributed by atoms with Gasteiger partial charge < -0.3 is 9.47 Å². The molecule has 1 rings (SSSR count). The Kier molecular flexibility index (Phi) is 3.64. The van der Waals surface area contributed by atoms with Gasteiger partial charge in [-0.15, -0.1) is 11.3 Å². The average molecular weight is 213 g/mol. The summed E-state index contributed by atoms with van der Waals surface area (Å²) in [5, 5.41) is 2.39. The molecule has 0 fully saturated rings. The molecule has 0 bridgehead atoms. The maximum Gasteiger partial charge on any atom is 0.340 e. The molecule has 0 atom stereocenters. The number of hydrogen-bond donors (Lipinski definition) is 0. The van der Waals surface area contributed by atoms with Crippen LogP contribution in [-0.4, -0.2) is 26.1 Å². The van der Waals surface area contributed by atoms with Crippen LogP contribution < -0.4 is 0 Å². The first-order valence-electron chi connectivity index (χ1n) is 3.94. The number of ether oxygens (including phenoxy) is 2. The summed E-state index contributed by atoms with van der Waals surface area (Å²) in [6.45, 7) is 1.72. The van der Waals surface area contributed by atoms with Crippen LogP contribution in [0, 0.1) is 0 Å². The van der Waals surface area contributed by atoms with Crippen molar-refractivity contribution in [1.29, 1.82) is 0 Å². The molecule has 76 valence electrons. The lowest BCUT2D eigenvalue weighted by Gasteiger charge is -1.99. The molecule has 0 aliphatic heterocycles. The Morgan fingerprint density at radius 2 is 2.14 bits per heavy atom. The van der Waals surface area contributed by atoms with E-state index in [9.17, 15) is 4.79 Å². The highest BCUT2D eigenvalue weighted by Gasteiger charge is 2.12. The van der Waals surface area contributed by atoms with Gasteiger partial charge in [0.2, 0.25) is 0 Å². The van der Waals surface area contributed by atoms with Gasteiger partial charge in [0.1, 0.15) is 5.00 Å². The number of carbonyl (C=O) groups excluding carboxylic acids is 1. The van der Waals surface area contributed by atoms with Crippen molar-refractivity contribution in [1.82, 2.24) is 0 Å². The molecule has 1 aromatic rings. The van der Waals surface area contributed by atoms with Gasteiger partial charge in [-0.25, -0.2) is 9.79 Å². The fourth-order valence-corrected chi connectivity index (χ4v) is 1.63. The highest BCUT2D eigenvalue weighted by atomic mass is 32.1. The summed E-state index contributed by atoms with van der Waals surface area (Å²) in [4.78, 5) is 15.4. The van der Waals surface area contributed by atoms with Crippen molar-refractivity contribution in [3.05, 3.63) is 17.0 Å². The van der Waals surface area contributed by atoms with Gasteiger partial charge in [0.25, 0.3) is 0 Å². The fraction of sp³-hybridized carbons (Fsp3) is 0.333. The maximum absolute atomic E-state index is 11.2. The van der Waals surface area contributed by atoms with E-state index in [2.05, 4.69) is 9.73 Å². The van der Waals surface area contributed by atoms with E-state index in [1.54, 1.807) is 18.4 Å². The molecule has 5 heteroatoms. The third kappa shape index (κ3) is 2.32. The van der Waals surface area contributed by atoms with Crippen LogP contribution in [0.2, 0.25) is 0 Å². The topological polar surface area (TPSA) is 47.9 Å². The molecule has 0 amide bonds. The second kappa shape index (κ2) is 4.76. The summed E-state index contributed by atoms with van der Waals surface area (Å²) in [6, 6.07) is 1.68. The highest BCUT2D eigenvalue weighted by molar-refractivity contribution is 7.14. The first-order valence-corrected chi connectivity index (χ1v) is 4.82. The minimum atomic E-state index is -0.381. The molecule has 0 aromatic carbocycles. The van der Waals surface area contributed by atoms with Gasteiger partial charge in [0.05, 0.1) is 19.8 Å². The first-order chi connectivity index (χ1) is 6.69. The van der Waals surface area contributed by atoms with Crippen LogP contribution in [0.3, 0.4) is 0 Å². The zero-order valence-electron chi connectivity index (χ0n) is 8.23. The molecular weight excluding hydrogens is 202 g/mol. The van der Waals surface area contributed by atoms with Crippen LogP contribution in [0.4, 0.5) is 5.00 Å². The van der Waals surface area contributed by atoms with E-state index < -0.39 is 0 Å². The van der Waals surface area contributed by atoms with Gasteiger partial charge in [0, 0.05) is 6.92 Å². The zero-order chi connectivity index (χ0) is 10.6. The third-order valence-corrected chi connectivity index (χ3v) is 2.41. The monoisotopic (exact) mass is 213 g/mol. The average Bonchev–Trinajstić information content (AvgIpc) is 2.64.